The molecule has 0 heterocycles. The van der Waals surface area contributed by atoms with Gasteiger partial charge >= 0.3 is 0 Å². The summed E-state index contributed by atoms with van der Waals surface area (Å²) >= 11 is 0. The molecule has 0 radical (unpaired) electrons. The molecule has 0 unspecified atom stereocenters. The molecule has 25 heavy (non-hydrogen) atoms. The Hall–Kier alpha value is -0.903. The van der Waals surface area contributed by atoms with Gasteiger partial charge in [-0.3, -0.25) is 9.80 Å². The second-order valence-electron chi connectivity index (χ2n) is 7.32. The van der Waals surface area contributed by atoms with E-state index >= 15 is 0 Å². The number of benzene rings is 1. The van der Waals surface area contributed by atoms with Crippen molar-refractivity contribution in [2.75, 3.05) is 26.2 Å². The third-order valence-electron chi connectivity index (χ3n) is 5.06. The molecule has 0 aliphatic carbocycles. The van der Waals surface area contributed by atoms with Crippen LogP contribution in [0.15, 0.2) is 30.8 Å². The van der Waals surface area contributed by atoms with Crippen molar-refractivity contribution < 1.29 is 0 Å². The third kappa shape index (κ3) is 6.39. The molecule has 1 aromatic rings. The molecule has 0 N–H and O–H groups in total. The maximum atomic E-state index is 3.95. The highest BCUT2D eigenvalue weighted by atomic mass is 28.2. The van der Waals surface area contributed by atoms with Crippen molar-refractivity contribution in [1.29, 1.82) is 0 Å². The van der Waals surface area contributed by atoms with Crippen LogP contribution in [0.25, 0.3) is 6.08 Å². The molecule has 0 aliphatic rings. The molecule has 0 bridgehead atoms. The van der Waals surface area contributed by atoms with Crippen LogP contribution in [0.4, 0.5) is 0 Å². The smallest absolute Gasteiger partial charge is 0.0959 e. The molecule has 1 rings (SSSR count). The van der Waals surface area contributed by atoms with Crippen molar-refractivity contribution in [3.63, 3.8) is 0 Å². The summed E-state index contributed by atoms with van der Waals surface area (Å²) in [5, 5.41) is 1.76. The molecular formula is C22H40N2Si. The molecule has 1 aromatic carbocycles. The molecule has 0 saturated heterocycles. The van der Waals surface area contributed by atoms with Gasteiger partial charge in [-0.05, 0) is 64.3 Å². The SMILES string of the molecule is C=Cc1cccc([SiH2]C(C)(N(CCC)CCC)N(CCC)CCC)c1. The van der Waals surface area contributed by atoms with E-state index in [-0.39, 0.29) is 5.29 Å². The van der Waals surface area contributed by atoms with Gasteiger partial charge in [0.05, 0.1) is 14.8 Å². The quantitative estimate of drug-likeness (QED) is 0.387. The number of hydrogen-bond acceptors (Lipinski definition) is 2. The first-order valence-corrected chi connectivity index (χ1v) is 11.7. The Morgan fingerprint density at radius 1 is 0.920 bits per heavy atom. The highest BCUT2D eigenvalue weighted by molar-refractivity contribution is 6.56. The van der Waals surface area contributed by atoms with Gasteiger partial charge in [-0.25, -0.2) is 0 Å². The van der Waals surface area contributed by atoms with E-state index in [1.807, 2.05) is 6.08 Å². The van der Waals surface area contributed by atoms with Gasteiger partial charge in [0, 0.05) is 0 Å². The maximum Gasteiger partial charge on any atom is 0.0959 e. The van der Waals surface area contributed by atoms with Crippen LogP contribution in [0.3, 0.4) is 0 Å². The summed E-state index contributed by atoms with van der Waals surface area (Å²) in [4.78, 5) is 5.57. The van der Waals surface area contributed by atoms with Gasteiger partial charge in [0.1, 0.15) is 0 Å². The average molecular weight is 361 g/mol. The Bertz CT molecular complexity index is 473. The second-order valence-corrected chi connectivity index (χ2v) is 9.83. The first-order valence-electron chi connectivity index (χ1n) is 10.3. The van der Waals surface area contributed by atoms with Gasteiger partial charge in [0.15, 0.2) is 0 Å². The summed E-state index contributed by atoms with van der Waals surface area (Å²) < 4.78 is 0. The zero-order valence-corrected chi connectivity index (χ0v) is 18.8. The average Bonchev–Trinajstić information content (AvgIpc) is 2.61. The molecular weight excluding hydrogens is 320 g/mol. The van der Waals surface area contributed by atoms with Crippen molar-refractivity contribution in [3.05, 3.63) is 36.4 Å². The summed E-state index contributed by atoms with van der Waals surface area (Å²) in [6, 6.07) is 9.06. The van der Waals surface area contributed by atoms with Crippen LogP contribution in [0.5, 0.6) is 0 Å². The van der Waals surface area contributed by atoms with E-state index in [0.717, 1.165) is 0 Å². The van der Waals surface area contributed by atoms with Gasteiger partial charge in [-0.1, -0.05) is 69.8 Å². The molecule has 0 fully saturated rings. The van der Waals surface area contributed by atoms with Crippen LogP contribution < -0.4 is 5.19 Å². The fourth-order valence-corrected chi connectivity index (χ4v) is 6.35. The Morgan fingerprint density at radius 3 is 1.80 bits per heavy atom. The van der Waals surface area contributed by atoms with E-state index in [4.69, 9.17) is 0 Å². The van der Waals surface area contributed by atoms with Gasteiger partial charge in [-0.15, -0.1) is 0 Å². The minimum atomic E-state index is -0.497. The lowest BCUT2D eigenvalue weighted by Gasteiger charge is -2.49. The van der Waals surface area contributed by atoms with Crippen molar-refractivity contribution in [3.8, 4) is 0 Å². The molecule has 0 saturated carbocycles. The molecule has 0 spiro atoms. The predicted octanol–water partition coefficient (Wildman–Crippen LogP) is 4.04. The van der Waals surface area contributed by atoms with Crippen molar-refractivity contribution in [1.82, 2.24) is 9.80 Å². The zero-order chi connectivity index (χ0) is 18.7. The lowest BCUT2D eigenvalue weighted by molar-refractivity contribution is 0.0163. The van der Waals surface area contributed by atoms with Crippen LogP contribution in [0.1, 0.15) is 65.9 Å². The molecule has 2 nitrogen and oxygen atoms in total. The first-order chi connectivity index (χ1) is 12.0. The number of rotatable bonds is 13. The predicted molar refractivity (Wildman–Crippen MR) is 117 cm³/mol. The topological polar surface area (TPSA) is 6.48 Å². The summed E-state index contributed by atoms with van der Waals surface area (Å²) in [7, 11) is -0.497. The Labute approximate surface area is 159 Å². The Kier molecular flexibility index (Phi) is 10.3. The van der Waals surface area contributed by atoms with E-state index in [0.29, 0.717) is 0 Å². The summed E-state index contributed by atoms with van der Waals surface area (Å²) in [5.41, 5.74) is 1.25. The molecule has 0 aliphatic heterocycles. The van der Waals surface area contributed by atoms with Gasteiger partial charge in [-0.2, -0.15) is 0 Å². The van der Waals surface area contributed by atoms with Crippen molar-refractivity contribution in [2.24, 2.45) is 0 Å². The Balaban J connectivity index is 3.24. The monoisotopic (exact) mass is 360 g/mol. The highest BCUT2D eigenvalue weighted by Gasteiger charge is 2.36. The van der Waals surface area contributed by atoms with E-state index in [2.05, 4.69) is 75.3 Å². The molecule has 0 amide bonds. The molecule has 0 atom stereocenters. The third-order valence-corrected chi connectivity index (χ3v) is 7.47. The first kappa shape index (κ1) is 22.1. The van der Waals surface area contributed by atoms with Crippen LogP contribution in [-0.2, 0) is 0 Å². The molecule has 0 aromatic heterocycles. The maximum absolute atomic E-state index is 3.95. The minimum Gasteiger partial charge on any atom is -0.289 e. The van der Waals surface area contributed by atoms with Gasteiger partial charge in [0.25, 0.3) is 0 Å². The largest absolute Gasteiger partial charge is 0.289 e. The zero-order valence-electron chi connectivity index (χ0n) is 17.4. The van der Waals surface area contributed by atoms with E-state index < -0.39 is 9.52 Å². The Morgan fingerprint density at radius 2 is 1.40 bits per heavy atom. The number of nitrogens with zero attached hydrogens (tertiary/aromatic N) is 2. The van der Waals surface area contributed by atoms with Crippen LogP contribution in [0, 0.1) is 0 Å². The lowest BCUT2D eigenvalue weighted by Crippen LogP contribution is -2.65. The lowest BCUT2D eigenvalue weighted by atomic mass is 10.2. The standard InChI is InChI=1S/C22H40N2Si/c1-7-15-23(16-8-2)22(6,24(17-9-3)18-10-4)25-21-14-12-13-20(11-5)19-21/h11-14,19H,5,7-10,15-18,25H2,1-4,6H3. The summed E-state index contributed by atoms with van der Waals surface area (Å²) in [5.74, 6) is 0. The molecule has 142 valence electrons. The van der Waals surface area contributed by atoms with E-state index in [1.54, 1.807) is 5.19 Å². The fourth-order valence-electron chi connectivity index (χ4n) is 3.91. The highest BCUT2D eigenvalue weighted by Crippen LogP contribution is 2.22. The van der Waals surface area contributed by atoms with E-state index in [9.17, 15) is 0 Å². The van der Waals surface area contributed by atoms with Gasteiger partial charge in [0.2, 0.25) is 0 Å². The van der Waals surface area contributed by atoms with Crippen LogP contribution >= 0.6 is 0 Å². The van der Waals surface area contributed by atoms with Crippen molar-refractivity contribution in [2.45, 2.75) is 65.6 Å². The van der Waals surface area contributed by atoms with Crippen LogP contribution in [0.2, 0.25) is 0 Å². The fraction of sp³-hybridized carbons (Fsp3) is 0.636. The van der Waals surface area contributed by atoms with Crippen LogP contribution in [-0.4, -0.2) is 50.8 Å². The summed E-state index contributed by atoms with van der Waals surface area (Å²) in [6.45, 7) is 20.5. The summed E-state index contributed by atoms with van der Waals surface area (Å²) in [6.07, 6.45) is 6.87. The normalized spacial score (nSPS) is 12.6. The number of hydrogen-bond donors (Lipinski definition) is 0. The van der Waals surface area contributed by atoms with Gasteiger partial charge < -0.3 is 0 Å². The molecule has 3 heteroatoms. The van der Waals surface area contributed by atoms with Crippen molar-refractivity contribution >= 4 is 20.8 Å². The second kappa shape index (κ2) is 11.7. The minimum absolute atomic E-state index is 0.206. The van der Waals surface area contributed by atoms with E-state index in [1.165, 1.54) is 57.4 Å².